The van der Waals surface area contributed by atoms with Crippen LogP contribution in [0.15, 0.2) is 34.9 Å². The van der Waals surface area contributed by atoms with E-state index in [0.717, 1.165) is 0 Å². The Morgan fingerprint density at radius 3 is 2.83 bits per heavy atom. The van der Waals surface area contributed by atoms with Crippen molar-refractivity contribution in [3.05, 3.63) is 41.3 Å². The molecule has 0 unspecified atom stereocenters. The number of furan rings is 1. The van der Waals surface area contributed by atoms with Crippen LogP contribution in [0.25, 0.3) is 0 Å². The van der Waals surface area contributed by atoms with E-state index < -0.39 is 5.91 Å². The van der Waals surface area contributed by atoms with Crippen molar-refractivity contribution in [1.82, 2.24) is 0 Å². The zero-order valence-corrected chi connectivity index (χ0v) is 10.3. The maximum atomic E-state index is 11.9. The topological polar surface area (TPSA) is 77.5 Å². The summed E-state index contributed by atoms with van der Waals surface area (Å²) in [7, 11) is 1.53. The van der Waals surface area contributed by atoms with Crippen molar-refractivity contribution in [2.24, 2.45) is 0 Å². The third-order valence-electron chi connectivity index (χ3n) is 2.37. The van der Waals surface area contributed by atoms with Gasteiger partial charge in [-0.25, -0.2) is 0 Å². The van der Waals surface area contributed by atoms with E-state index in [2.05, 4.69) is 5.32 Å². The zero-order chi connectivity index (χ0) is 13.1. The summed E-state index contributed by atoms with van der Waals surface area (Å²) in [6, 6.07) is 6.45. The molecule has 6 heteroatoms. The first-order valence-electron chi connectivity index (χ1n) is 5.09. The first-order chi connectivity index (χ1) is 8.61. The predicted molar refractivity (Wildman–Crippen MR) is 69.1 cm³/mol. The molecule has 0 saturated heterocycles. The van der Waals surface area contributed by atoms with E-state index >= 15 is 0 Å². The van der Waals surface area contributed by atoms with Gasteiger partial charge < -0.3 is 20.2 Å². The summed E-state index contributed by atoms with van der Waals surface area (Å²) in [5.74, 6) is 0.200. The van der Waals surface area contributed by atoms with Crippen LogP contribution in [0.2, 0.25) is 5.22 Å². The summed E-state index contributed by atoms with van der Waals surface area (Å²) in [5, 5.41) is 2.68. The highest BCUT2D eigenvalue weighted by Crippen LogP contribution is 2.26. The Labute approximate surface area is 108 Å². The monoisotopic (exact) mass is 266 g/mol. The molecule has 5 nitrogen and oxygen atoms in total. The minimum absolute atomic E-state index is 0.0361. The molecular formula is C12H11ClN2O3. The van der Waals surface area contributed by atoms with E-state index in [4.69, 9.17) is 26.5 Å². The normalized spacial score (nSPS) is 10.1. The molecule has 0 bridgehead atoms. The molecule has 0 aliphatic carbocycles. The number of ether oxygens (including phenoxy) is 1. The summed E-state index contributed by atoms with van der Waals surface area (Å²) in [6.45, 7) is 0. The fraction of sp³-hybridized carbons (Fsp3) is 0.0833. The number of nitrogens with one attached hydrogen (secondary N) is 1. The Kier molecular flexibility index (Phi) is 3.43. The lowest BCUT2D eigenvalue weighted by Crippen LogP contribution is -2.12. The average molecular weight is 267 g/mol. The fourth-order valence-electron chi connectivity index (χ4n) is 1.42. The van der Waals surface area contributed by atoms with Gasteiger partial charge >= 0.3 is 0 Å². The molecule has 0 radical (unpaired) electrons. The van der Waals surface area contributed by atoms with Crippen molar-refractivity contribution in [2.45, 2.75) is 0 Å². The van der Waals surface area contributed by atoms with Crippen LogP contribution in [-0.2, 0) is 0 Å². The number of amides is 1. The summed E-state index contributed by atoms with van der Waals surface area (Å²) in [6.07, 6.45) is 1.34. The van der Waals surface area contributed by atoms with Crippen LogP contribution in [0.1, 0.15) is 10.4 Å². The van der Waals surface area contributed by atoms with Gasteiger partial charge in [0.05, 0.1) is 30.3 Å². The third kappa shape index (κ3) is 2.41. The molecule has 18 heavy (non-hydrogen) atoms. The second kappa shape index (κ2) is 5.01. The van der Waals surface area contributed by atoms with E-state index in [1.807, 2.05) is 0 Å². The van der Waals surface area contributed by atoms with E-state index in [1.165, 1.54) is 19.4 Å². The molecule has 0 aliphatic heterocycles. The number of carbonyl (C=O) groups is 1. The molecule has 94 valence electrons. The Bertz CT molecular complexity index is 580. The van der Waals surface area contributed by atoms with E-state index in [1.54, 1.807) is 18.2 Å². The maximum Gasteiger partial charge on any atom is 0.260 e. The Hall–Kier alpha value is -2.14. The number of rotatable bonds is 3. The second-order valence-corrected chi connectivity index (χ2v) is 3.86. The SMILES string of the molecule is COc1ccc(N)c(NC(=O)c2ccoc2Cl)c1. The summed E-state index contributed by atoms with van der Waals surface area (Å²) in [5.41, 5.74) is 6.90. The summed E-state index contributed by atoms with van der Waals surface area (Å²) in [4.78, 5) is 11.9. The smallest absolute Gasteiger partial charge is 0.260 e. The molecule has 2 rings (SSSR count). The van der Waals surface area contributed by atoms with Crippen molar-refractivity contribution in [2.75, 3.05) is 18.2 Å². The van der Waals surface area contributed by atoms with E-state index in [0.29, 0.717) is 17.1 Å². The van der Waals surface area contributed by atoms with Crippen LogP contribution in [0, 0.1) is 0 Å². The average Bonchev–Trinajstić information content (AvgIpc) is 2.78. The Balaban J connectivity index is 2.24. The number of benzene rings is 1. The molecule has 1 aromatic heterocycles. The number of hydrogen-bond donors (Lipinski definition) is 2. The molecule has 1 aromatic carbocycles. The van der Waals surface area contributed by atoms with Gasteiger partial charge in [0.2, 0.25) is 5.22 Å². The lowest BCUT2D eigenvalue weighted by atomic mass is 10.2. The third-order valence-corrected chi connectivity index (χ3v) is 2.66. The van der Waals surface area contributed by atoms with Crippen LogP contribution in [0.3, 0.4) is 0 Å². The summed E-state index contributed by atoms with van der Waals surface area (Å²) >= 11 is 5.72. The van der Waals surface area contributed by atoms with Crippen LogP contribution < -0.4 is 15.8 Å². The van der Waals surface area contributed by atoms with E-state index in [-0.39, 0.29) is 10.8 Å². The second-order valence-electron chi connectivity index (χ2n) is 3.52. The van der Waals surface area contributed by atoms with Gasteiger partial charge in [0.1, 0.15) is 5.75 Å². The van der Waals surface area contributed by atoms with Crippen molar-refractivity contribution in [3.8, 4) is 5.75 Å². The van der Waals surface area contributed by atoms with Crippen molar-refractivity contribution >= 4 is 28.9 Å². The van der Waals surface area contributed by atoms with Gasteiger partial charge in [-0.05, 0) is 29.8 Å². The molecule has 2 aromatic rings. The standard InChI is InChI=1S/C12H11ClN2O3/c1-17-7-2-3-9(14)10(6-7)15-12(16)8-4-5-18-11(8)13/h2-6H,14H2,1H3,(H,15,16). The molecule has 0 spiro atoms. The van der Waals surface area contributed by atoms with Gasteiger partial charge in [-0.2, -0.15) is 0 Å². The lowest BCUT2D eigenvalue weighted by Gasteiger charge is -2.09. The van der Waals surface area contributed by atoms with Gasteiger partial charge in [0.15, 0.2) is 0 Å². The molecule has 0 saturated carbocycles. The van der Waals surface area contributed by atoms with Crippen molar-refractivity contribution in [1.29, 1.82) is 0 Å². The minimum Gasteiger partial charge on any atom is -0.497 e. The quantitative estimate of drug-likeness (QED) is 0.838. The molecule has 0 aliphatic rings. The van der Waals surface area contributed by atoms with Gasteiger partial charge in [-0.3, -0.25) is 4.79 Å². The molecule has 0 fully saturated rings. The highest BCUT2D eigenvalue weighted by Gasteiger charge is 2.14. The number of methoxy groups -OCH3 is 1. The predicted octanol–water partition coefficient (Wildman–Crippen LogP) is 2.78. The highest BCUT2D eigenvalue weighted by atomic mass is 35.5. The number of hydrogen-bond acceptors (Lipinski definition) is 4. The number of anilines is 2. The van der Waals surface area contributed by atoms with Crippen molar-refractivity contribution in [3.63, 3.8) is 0 Å². The fourth-order valence-corrected chi connectivity index (χ4v) is 1.62. The number of carbonyl (C=O) groups excluding carboxylic acids is 1. The molecule has 1 heterocycles. The Morgan fingerprint density at radius 1 is 1.44 bits per heavy atom. The van der Waals surface area contributed by atoms with Gasteiger partial charge in [0.25, 0.3) is 5.91 Å². The molecular weight excluding hydrogens is 256 g/mol. The Morgan fingerprint density at radius 2 is 2.22 bits per heavy atom. The maximum absolute atomic E-state index is 11.9. The zero-order valence-electron chi connectivity index (χ0n) is 9.57. The minimum atomic E-state index is -0.395. The largest absolute Gasteiger partial charge is 0.497 e. The molecule has 3 N–H and O–H groups in total. The highest BCUT2D eigenvalue weighted by molar-refractivity contribution is 6.32. The van der Waals surface area contributed by atoms with Gasteiger partial charge in [0, 0.05) is 6.07 Å². The summed E-state index contributed by atoms with van der Waals surface area (Å²) < 4.78 is 9.90. The number of halogens is 1. The molecule has 0 atom stereocenters. The number of nitrogen functional groups attached to an aromatic ring is 1. The van der Waals surface area contributed by atoms with E-state index in [9.17, 15) is 4.79 Å². The number of nitrogens with two attached hydrogens (primary N) is 1. The first-order valence-corrected chi connectivity index (χ1v) is 5.47. The van der Waals surface area contributed by atoms with Crippen LogP contribution in [-0.4, -0.2) is 13.0 Å². The van der Waals surface area contributed by atoms with Gasteiger partial charge in [-0.1, -0.05) is 0 Å². The van der Waals surface area contributed by atoms with Crippen molar-refractivity contribution < 1.29 is 13.9 Å². The van der Waals surface area contributed by atoms with Gasteiger partial charge in [-0.15, -0.1) is 0 Å². The van der Waals surface area contributed by atoms with Crippen LogP contribution in [0.5, 0.6) is 5.75 Å². The molecule has 1 amide bonds. The van der Waals surface area contributed by atoms with Crippen LogP contribution >= 0.6 is 11.6 Å². The first kappa shape index (κ1) is 12.3. The van der Waals surface area contributed by atoms with Crippen LogP contribution in [0.4, 0.5) is 11.4 Å². The lowest BCUT2D eigenvalue weighted by molar-refractivity contribution is 0.102.